The molecule has 0 saturated carbocycles. The van der Waals surface area contributed by atoms with E-state index in [1.54, 1.807) is 0 Å². The molecule has 1 heterocycles. The van der Waals surface area contributed by atoms with Gasteiger partial charge in [0.15, 0.2) is 11.6 Å². The number of hydrogen-bond acceptors (Lipinski definition) is 4. The molecule has 2 rings (SSSR count). The zero-order valence-corrected chi connectivity index (χ0v) is 11.7. The molecule has 0 spiro atoms. The third-order valence-corrected chi connectivity index (χ3v) is 4.51. The van der Waals surface area contributed by atoms with Crippen LogP contribution >= 0.6 is 11.8 Å². The molecule has 1 fully saturated rings. The highest BCUT2D eigenvalue weighted by atomic mass is 32.2. The maximum atomic E-state index is 13.4. The number of anilines is 2. The second-order valence-electron chi connectivity index (χ2n) is 4.62. The van der Waals surface area contributed by atoms with Crippen LogP contribution in [-0.2, 0) is 0 Å². The van der Waals surface area contributed by atoms with Crippen molar-refractivity contribution >= 4 is 23.1 Å². The summed E-state index contributed by atoms with van der Waals surface area (Å²) in [4.78, 5) is 0. The Bertz CT molecular complexity index is 453. The molecule has 1 aliphatic rings. The first kappa shape index (κ1) is 15.2. The molecule has 0 aromatic heterocycles. The molecule has 1 aliphatic heterocycles. The molecule has 7 heteroatoms. The van der Waals surface area contributed by atoms with E-state index in [4.69, 9.17) is 5.73 Å². The van der Waals surface area contributed by atoms with Gasteiger partial charge in [-0.15, -0.1) is 0 Å². The first-order valence-corrected chi connectivity index (χ1v) is 7.50. The van der Waals surface area contributed by atoms with Gasteiger partial charge in [0.25, 0.3) is 0 Å². The van der Waals surface area contributed by atoms with Crippen molar-refractivity contribution < 1.29 is 17.9 Å². The Kier molecular flexibility index (Phi) is 5.28. The van der Waals surface area contributed by atoms with Crippen molar-refractivity contribution in [2.75, 3.05) is 23.3 Å². The molecule has 0 radical (unpaired) electrons. The third-order valence-electron chi connectivity index (χ3n) is 3.11. The Morgan fingerprint density at radius 3 is 2.85 bits per heavy atom. The number of halogens is 3. The van der Waals surface area contributed by atoms with E-state index in [9.17, 15) is 13.2 Å². The molecule has 1 aromatic carbocycles. The van der Waals surface area contributed by atoms with Crippen LogP contribution in [0.5, 0.6) is 5.75 Å². The normalized spacial score (nSPS) is 19.1. The van der Waals surface area contributed by atoms with E-state index in [0.717, 1.165) is 18.2 Å². The molecule has 1 saturated heterocycles. The monoisotopic (exact) mass is 306 g/mol. The first-order valence-electron chi connectivity index (χ1n) is 6.45. The largest absolute Gasteiger partial charge is 0.432 e. The maximum absolute atomic E-state index is 13.4. The van der Waals surface area contributed by atoms with Gasteiger partial charge in [0, 0.05) is 23.9 Å². The summed E-state index contributed by atoms with van der Waals surface area (Å²) in [5, 5.41) is 3.55. The summed E-state index contributed by atoms with van der Waals surface area (Å²) >= 11 is 1.88. The van der Waals surface area contributed by atoms with Crippen molar-refractivity contribution in [2.24, 2.45) is 0 Å². The summed E-state index contributed by atoms with van der Waals surface area (Å²) in [6.45, 7) is -2.39. The molecule has 1 unspecified atom stereocenters. The second kappa shape index (κ2) is 6.97. The van der Waals surface area contributed by atoms with E-state index in [0.29, 0.717) is 17.5 Å². The standard InChI is InChI=1S/C13H17F3N2OS/c14-9-5-10(17)11(6-12(9)19-13(15)16)18-7-8-3-1-2-4-20-8/h5-6,8,13,18H,1-4,7,17H2. The van der Waals surface area contributed by atoms with Gasteiger partial charge in [-0.3, -0.25) is 0 Å². The molecule has 1 atom stereocenters. The van der Waals surface area contributed by atoms with Crippen LogP contribution in [0.4, 0.5) is 24.5 Å². The topological polar surface area (TPSA) is 47.3 Å². The lowest BCUT2D eigenvalue weighted by molar-refractivity contribution is -0.0521. The van der Waals surface area contributed by atoms with Crippen LogP contribution in [-0.4, -0.2) is 24.2 Å². The van der Waals surface area contributed by atoms with Crippen molar-refractivity contribution in [3.8, 4) is 5.75 Å². The summed E-state index contributed by atoms with van der Waals surface area (Å²) in [6.07, 6.45) is 3.53. The predicted molar refractivity (Wildman–Crippen MR) is 76.0 cm³/mol. The number of benzene rings is 1. The number of rotatable bonds is 5. The van der Waals surface area contributed by atoms with Gasteiger partial charge < -0.3 is 15.8 Å². The number of nitrogen functional groups attached to an aromatic ring is 1. The molecule has 0 amide bonds. The zero-order chi connectivity index (χ0) is 14.5. The maximum Gasteiger partial charge on any atom is 0.387 e. The van der Waals surface area contributed by atoms with Crippen molar-refractivity contribution in [3.05, 3.63) is 17.9 Å². The van der Waals surface area contributed by atoms with Crippen LogP contribution in [0.3, 0.4) is 0 Å². The number of nitrogens with two attached hydrogens (primary N) is 1. The van der Waals surface area contributed by atoms with E-state index >= 15 is 0 Å². The number of alkyl halides is 2. The van der Waals surface area contributed by atoms with Crippen LogP contribution in [0.25, 0.3) is 0 Å². The van der Waals surface area contributed by atoms with Gasteiger partial charge in [-0.1, -0.05) is 6.42 Å². The van der Waals surface area contributed by atoms with Crippen LogP contribution in [0.1, 0.15) is 19.3 Å². The van der Waals surface area contributed by atoms with E-state index < -0.39 is 18.2 Å². The molecule has 112 valence electrons. The van der Waals surface area contributed by atoms with Gasteiger partial charge in [-0.25, -0.2) is 4.39 Å². The van der Waals surface area contributed by atoms with Crippen LogP contribution in [0.15, 0.2) is 12.1 Å². The van der Waals surface area contributed by atoms with Crippen molar-refractivity contribution in [1.82, 2.24) is 0 Å². The van der Waals surface area contributed by atoms with Crippen molar-refractivity contribution in [1.29, 1.82) is 0 Å². The van der Waals surface area contributed by atoms with E-state index in [2.05, 4.69) is 10.1 Å². The van der Waals surface area contributed by atoms with Gasteiger partial charge >= 0.3 is 6.61 Å². The minimum Gasteiger partial charge on any atom is -0.432 e. The lowest BCUT2D eigenvalue weighted by atomic mass is 10.2. The molecular weight excluding hydrogens is 289 g/mol. The first-order chi connectivity index (χ1) is 9.56. The molecule has 3 nitrogen and oxygen atoms in total. The second-order valence-corrected chi connectivity index (χ2v) is 6.03. The summed E-state index contributed by atoms with van der Waals surface area (Å²) in [5.41, 5.74) is 6.29. The fourth-order valence-corrected chi connectivity index (χ4v) is 3.34. The van der Waals surface area contributed by atoms with Crippen LogP contribution in [0.2, 0.25) is 0 Å². The Balaban J connectivity index is 2.02. The Hall–Kier alpha value is -1.24. The zero-order valence-electron chi connectivity index (χ0n) is 10.9. The molecule has 20 heavy (non-hydrogen) atoms. The molecular formula is C13H17F3N2OS. The number of hydrogen-bond donors (Lipinski definition) is 2. The van der Waals surface area contributed by atoms with Crippen molar-refractivity contribution in [3.63, 3.8) is 0 Å². The Labute approximate surface area is 120 Å². The summed E-state index contributed by atoms with van der Waals surface area (Å²) in [5.74, 6) is -0.251. The average molecular weight is 306 g/mol. The third kappa shape index (κ3) is 4.13. The molecule has 0 bridgehead atoms. The van der Waals surface area contributed by atoms with E-state index in [1.165, 1.54) is 18.9 Å². The van der Waals surface area contributed by atoms with Crippen molar-refractivity contribution in [2.45, 2.75) is 31.1 Å². The lowest BCUT2D eigenvalue weighted by Gasteiger charge is -2.22. The number of thioether (sulfide) groups is 1. The highest BCUT2D eigenvalue weighted by Gasteiger charge is 2.16. The van der Waals surface area contributed by atoms with Gasteiger partial charge in [0.05, 0.1) is 11.4 Å². The van der Waals surface area contributed by atoms with E-state index in [-0.39, 0.29) is 5.69 Å². The highest BCUT2D eigenvalue weighted by Crippen LogP contribution is 2.31. The van der Waals surface area contributed by atoms with Gasteiger partial charge in [-0.05, 0) is 18.6 Å². The summed E-state index contributed by atoms with van der Waals surface area (Å²) in [7, 11) is 0. The molecule has 0 aliphatic carbocycles. The average Bonchev–Trinajstić information content (AvgIpc) is 2.41. The fourth-order valence-electron chi connectivity index (χ4n) is 2.10. The van der Waals surface area contributed by atoms with Gasteiger partial charge in [0.1, 0.15) is 0 Å². The highest BCUT2D eigenvalue weighted by molar-refractivity contribution is 7.99. The van der Waals surface area contributed by atoms with Crippen LogP contribution < -0.4 is 15.8 Å². The smallest absolute Gasteiger partial charge is 0.387 e. The minimum atomic E-state index is -3.06. The quantitative estimate of drug-likeness (QED) is 0.814. The minimum absolute atomic E-state index is 0.185. The predicted octanol–water partition coefficient (Wildman–Crippen LogP) is 3.71. The number of nitrogens with one attached hydrogen (secondary N) is 1. The van der Waals surface area contributed by atoms with E-state index in [1.807, 2.05) is 11.8 Å². The lowest BCUT2D eigenvalue weighted by Crippen LogP contribution is -2.20. The Morgan fingerprint density at radius 1 is 1.40 bits per heavy atom. The summed E-state index contributed by atoms with van der Waals surface area (Å²) in [6, 6.07) is 2.18. The fraction of sp³-hybridized carbons (Fsp3) is 0.538. The van der Waals surface area contributed by atoms with Gasteiger partial charge in [-0.2, -0.15) is 20.5 Å². The Morgan fingerprint density at radius 2 is 2.20 bits per heavy atom. The number of ether oxygens (including phenoxy) is 1. The summed E-state index contributed by atoms with van der Waals surface area (Å²) < 4.78 is 41.9. The van der Waals surface area contributed by atoms with Crippen LogP contribution in [0, 0.1) is 5.82 Å². The van der Waals surface area contributed by atoms with Gasteiger partial charge in [0.2, 0.25) is 0 Å². The molecule has 3 N–H and O–H groups in total. The molecule has 1 aromatic rings. The SMILES string of the molecule is Nc1cc(F)c(OC(F)F)cc1NCC1CCCCS1.